The summed E-state index contributed by atoms with van der Waals surface area (Å²) in [5, 5.41) is 0.746. The molecule has 22 heavy (non-hydrogen) atoms. The molecule has 118 valence electrons. The van der Waals surface area contributed by atoms with E-state index in [1.807, 2.05) is 20.8 Å². The Labute approximate surface area is 134 Å². The first kappa shape index (κ1) is 15.4. The van der Waals surface area contributed by atoms with Gasteiger partial charge < -0.3 is 0 Å². The molecule has 0 bridgehead atoms. The van der Waals surface area contributed by atoms with E-state index in [0.29, 0.717) is 5.92 Å². The molecular formula is C17H22N2O2S. The van der Waals surface area contributed by atoms with E-state index in [1.165, 1.54) is 21.3 Å². The van der Waals surface area contributed by atoms with Crippen LogP contribution in [0.5, 0.6) is 0 Å². The molecule has 0 unspecified atom stereocenters. The number of thiophene rings is 1. The minimum Gasteiger partial charge on any atom is -0.297 e. The molecule has 1 aliphatic rings. The van der Waals surface area contributed by atoms with E-state index in [2.05, 4.69) is 11.9 Å². The first-order valence-corrected chi connectivity index (χ1v) is 8.62. The van der Waals surface area contributed by atoms with Gasteiger partial charge in [-0.2, -0.15) is 0 Å². The normalized spacial score (nSPS) is 18.5. The number of hydrogen-bond acceptors (Lipinski definition) is 4. The van der Waals surface area contributed by atoms with Gasteiger partial charge in [0.15, 0.2) is 5.78 Å². The van der Waals surface area contributed by atoms with E-state index in [-0.39, 0.29) is 17.9 Å². The lowest BCUT2D eigenvalue weighted by molar-refractivity contribution is -0.126. The van der Waals surface area contributed by atoms with E-state index in [0.717, 1.165) is 29.5 Å². The molecule has 1 aliphatic carbocycles. The number of nitrogens with zero attached hydrogens (tertiary/aromatic N) is 2. The average molecular weight is 318 g/mol. The lowest BCUT2D eigenvalue weighted by Gasteiger charge is -2.18. The zero-order valence-corrected chi connectivity index (χ0v) is 14.4. The molecule has 0 saturated heterocycles. The molecular weight excluding hydrogens is 296 g/mol. The van der Waals surface area contributed by atoms with Crippen LogP contribution in [0.1, 0.15) is 44.6 Å². The van der Waals surface area contributed by atoms with Crippen LogP contribution in [0.25, 0.3) is 10.2 Å². The molecule has 0 radical (unpaired) electrons. The van der Waals surface area contributed by atoms with Crippen molar-refractivity contribution in [3.05, 3.63) is 27.1 Å². The molecule has 0 amide bonds. The second-order valence-corrected chi connectivity index (χ2v) is 8.47. The van der Waals surface area contributed by atoms with Gasteiger partial charge in [-0.25, -0.2) is 4.98 Å². The number of carbonyl (C=O) groups is 1. The van der Waals surface area contributed by atoms with Crippen LogP contribution in [-0.2, 0) is 24.2 Å². The molecule has 4 nitrogen and oxygen atoms in total. The summed E-state index contributed by atoms with van der Waals surface area (Å²) in [4.78, 5) is 31.6. The van der Waals surface area contributed by atoms with E-state index >= 15 is 0 Å². The molecule has 0 aromatic carbocycles. The van der Waals surface area contributed by atoms with Crippen molar-refractivity contribution in [1.82, 2.24) is 9.55 Å². The molecule has 0 spiro atoms. The van der Waals surface area contributed by atoms with E-state index in [9.17, 15) is 9.59 Å². The number of Topliss-reactive ketones (excluding diaryl/α,β-unsaturated/α-hetero) is 1. The van der Waals surface area contributed by atoms with Crippen molar-refractivity contribution in [3.8, 4) is 0 Å². The topological polar surface area (TPSA) is 52.0 Å². The summed E-state index contributed by atoms with van der Waals surface area (Å²) in [5.74, 6) is 0.721. The summed E-state index contributed by atoms with van der Waals surface area (Å²) >= 11 is 1.64. The maximum atomic E-state index is 12.8. The van der Waals surface area contributed by atoms with Gasteiger partial charge in [-0.3, -0.25) is 14.2 Å². The van der Waals surface area contributed by atoms with E-state index in [4.69, 9.17) is 0 Å². The first-order chi connectivity index (χ1) is 10.3. The summed E-state index contributed by atoms with van der Waals surface area (Å²) in [6, 6.07) is 0. The first-order valence-electron chi connectivity index (χ1n) is 7.80. The Morgan fingerprint density at radius 3 is 2.86 bits per heavy atom. The number of ketones is 1. The molecule has 0 fully saturated rings. The molecule has 2 heterocycles. The Morgan fingerprint density at radius 1 is 1.45 bits per heavy atom. The van der Waals surface area contributed by atoms with Crippen molar-refractivity contribution in [2.45, 2.75) is 53.5 Å². The highest BCUT2D eigenvalue weighted by Crippen LogP contribution is 2.35. The second kappa shape index (κ2) is 5.30. The van der Waals surface area contributed by atoms with Crippen LogP contribution < -0.4 is 5.56 Å². The maximum absolute atomic E-state index is 12.8. The SMILES string of the molecule is C[C@H]1CCc2c(sc3ncn(CC(=O)C(C)(C)C)c(=O)c23)C1. The Hall–Kier alpha value is -1.49. The lowest BCUT2D eigenvalue weighted by atomic mass is 9.89. The fourth-order valence-electron chi connectivity index (χ4n) is 2.87. The van der Waals surface area contributed by atoms with Gasteiger partial charge in [0, 0.05) is 10.3 Å². The third kappa shape index (κ3) is 2.62. The Kier molecular flexibility index (Phi) is 3.71. The molecule has 0 saturated carbocycles. The summed E-state index contributed by atoms with van der Waals surface area (Å²) in [6.07, 6.45) is 4.63. The smallest absolute Gasteiger partial charge is 0.262 e. The van der Waals surface area contributed by atoms with Crippen LogP contribution in [0.15, 0.2) is 11.1 Å². The summed E-state index contributed by atoms with van der Waals surface area (Å²) < 4.78 is 1.47. The molecule has 3 rings (SSSR count). The zero-order valence-electron chi connectivity index (χ0n) is 13.6. The standard InChI is InChI=1S/C17H22N2O2S/c1-10-5-6-11-12(7-10)22-15-14(11)16(21)19(9-18-15)8-13(20)17(2,3)4/h9-10H,5-8H2,1-4H3/t10-/m0/s1. The molecule has 1 atom stereocenters. The van der Waals surface area contributed by atoms with Gasteiger partial charge in [0.2, 0.25) is 0 Å². The van der Waals surface area contributed by atoms with Gasteiger partial charge in [-0.15, -0.1) is 11.3 Å². The fraction of sp³-hybridized carbons (Fsp3) is 0.588. The lowest BCUT2D eigenvalue weighted by Crippen LogP contribution is -2.31. The van der Waals surface area contributed by atoms with Crippen molar-refractivity contribution < 1.29 is 4.79 Å². The highest BCUT2D eigenvalue weighted by Gasteiger charge is 2.25. The maximum Gasteiger partial charge on any atom is 0.262 e. The van der Waals surface area contributed by atoms with Crippen LogP contribution in [0, 0.1) is 11.3 Å². The Morgan fingerprint density at radius 2 is 2.18 bits per heavy atom. The van der Waals surface area contributed by atoms with E-state index in [1.54, 1.807) is 11.3 Å². The highest BCUT2D eigenvalue weighted by molar-refractivity contribution is 7.18. The number of fused-ring (bicyclic) bond motifs is 3. The van der Waals surface area contributed by atoms with Crippen LogP contribution in [0.4, 0.5) is 0 Å². The summed E-state index contributed by atoms with van der Waals surface area (Å²) in [5.41, 5.74) is 0.667. The van der Waals surface area contributed by atoms with Crippen molar-refractivity contribution in [2.75, 3.05) is 0 Å². The largest absolute Gasteiger partial charge is 0.297 e. The van der Waals surface area contributed by atoms with E-state index < -0.39 is 5.41 Å². The van der Waals surface area contributed by atoms with Gasteiger partial charge in [-0.05, 0) is 30.7 Å². The van der Waals surface area contributed by atoms with Gasteiger partial charge in [0.1, 0.15) is 4.83 Å². The predicted molar refractivity (Wildman–Crippen MR) is 89.5 cm³/mol. The highest BCUT2D eigenvalue weighted by atomic mass is 32.1. The molecule has 2 aromatic rings. The van der Waals surface area contributed by atoms with Crippen LogP contribution >= 0.6 is 11.3 Å². The quantitative estimate of drug-likeness (QED) is 0.854. The summed E-state index contributed by atoms with van der Waals surface area (Å²) in [6.45, 7) is 7.98. The zero-order chi connectivity index (χ0) is 16.1. The van der Waals surface area contributed by atoms with Crippen molar-refractivity contribution >= 4 is 27.3 Å². The van der Waals surface area contributed by atoms with Gasteiger partial charge in [0.25, 0.3) is 5.56 Å². The number of aryl methyl sites for hydroxylation is 1. The van der Waals surface area contributed by atoms with Gasteiger partial charge in [-0.1, -0.05) is 27.7 Å². The Balaban J connectivity index is 2.07. The van der Waals surface area contributed by atoms with Gasteiger partial charge in [0.05, 0.1) is 18.3 Å². The number of carbonyl (C=O) groups excluding carboxylic acids is 1. The number of rotatable bonds is 2. The number of aromatic nitrogens is 2. The number of hydrogen-bond donors (Lipinski definition) is 0. The minimum atomic E-state index is -0.447. The van der Waals surface area contributed by atoms with Gasteiger partial charge >= 0.3 is 0 Å². The predicted octanol–water partition coefficient (Wildman–Crippen LogP) is 3.20. The van der Waals surface area contributed by atoms with Crippen LogP contribution in [-0.4, -0.2) is 15.3 Å². The van der Waals surface area contributed by atoms with Crippen LogP contribution in [0.3, 0.4) is 0 Å². The fourth-order valence-corrected chi connectivity index (χ4v) is 4.21. The minimum absolute atomic E-state index is 0.0495. The average Bonchev–Trinajstić information content (AvgIpc) is 2.78. The third-order valence-corrected chi connectivity index (χ3v) is 5.60. The Bertz CT molecular complexity index is 795. The monoisotopic (exact) mass is 318 g/mol. The second-order valence-electron chi connectivity index (χ2n) is 7.38. The van der Waals surface area contributed by atoms with Crippen molar-refractivity contribution in [2.24, 2.45) is 11.3 Å². The van der Waals surface area contributed by atoms with Crippen LogP contribution in [0.2, 0.25) is 0 Å². The molecule has 5 heteroatoms. The molecule has 0 N–H and O–H groups in total. The molecule has 2 aromatic heterocycles. The molecule has 0 aliphatic heterocycles. The van der Waals surface area contributed by atoms with Crippen molar-refractivity contribution in [3.63, 3.8) is 0 Å². The third-order valence-electron chi connectivity index (χ3n) is 4.43. The van der Waals surface area contributed by atoms with Crippen molar-refractivity contribution in [1.29, 1.82) is 0 Å². The summed E-state index contributed by atoms with van der Waals surface area (Å²) in [7, 11) is 0.